The second-order valence-electron chi connectivity index (χ2n) is 9.52. The van der Waals surface area contributed by atoms with Crippen LogP contribution < -0.4 is 20.3 Å². The molecule has 0 radical (unpaired) electrons. The number of nitrogens with zero attached hydrogens (tertiary/aromatic N) is 3. The van der Waals surface area contributed by atoms with E-state index in [0.29, 0.717) is 5.41 Å². The largest absolute Gasteiger partial charge is 0.496 e. The lowest BCUT2D eigenvalue weighted by Gasteiger charge is -2.57. The second-order valence-corrected chi connectivity index (χ2v) is 9.52. The van der Waals surface area contributed by atoms with Crippen molar-refractivity contribution in [3.05, 3.63) is 65.5 Å². The van der Waals surface area contributed by atoms with Crippen LogP contribution in [-0.4, -0.2) is 49.0 Å². The fourth-order valence-corrected chi connectivity index (χ4v) is 4.84. The molecule has 1 amide bonds. The zero-order chi connectivity index (χ0) is 23.2. The summed E-state index contributed by atoms with van der Waals surface area (Å²) in [7, 11) is 3.56. The van der Waals surface area contributed by atoms with Crippen molar-refractivity contribution in [3.63, 3.8) is 0 Å². The third-order valence-corrected chi connectivity index (χ3v) is 6.97. The number of methoxy groups -OCH3 is 1. The number of carbonyl (C=O) groups is 1. The maximum atomic E-state index is 13.2. The van der Waals surface area contributed by atoms with Gasteiger partial charge < -0.3 is 20.3 Å². The van der Waals surface area contributed by atoms with E-state index in [2.05, 4.69) is 32.8 Å². The van der Waals surface area contributed by atoms with Crippen LogP contribution in [0.2, 0.25) is 0 Å². The number of hydrogen-bond acceptors (Lipinski definition) is 5. The van der Waals surface area contributed by atoms with Crippen LogP contribution in [0.4, 0.5) is 5.69 Å². The van der Waals surface area contributed by atoms with Gasteiger partial charge in [-0.15, -0.1) is 0 Å². The van der Waals surface area contributed by atoms with Gasteiger partial charge in [0.05, 0.1) is 19.3 Å². The molecule has 7 nitrogen and oxygen atoms in total. The molecular weight excluding hydrogens is 414 g/mol. The van der Waals surface area contributed by atoms with Gasteiger partial charge in [-0.3, -0.25) is 9.48 Å². The Kier molecular flexibility index (Phi) is 5.37. The number of carbonyl (C=O) groups excluding carboxylic acids is 1. The van der Waals surface area contributed by atoms with E-state index >= 15 is 0 Å². The van der Waals surface area contributed by atoms with Crippen molar-refractivity contribution in [2.45, 2.75) is 19.9 Å². The van der Waals surface area contributed by atoms with E-state index in [1.807, 2.05) is 57.6 Å². The molecule has 0 unspecified atom stereocenters. The third kappa shape index (κ3) is 3.97. The van der Waals surface area contributed by atoms with E-state index < -0.39 is 0 Å². The van der Waals surface area contributed by atoms with Crippen molar-refractivity contribution in [3.8, 4) is 16.9 Å². The summed E-state index contributed by atoms with van der Waals surface area (Å²) in [6.07, 6.45) is 3.78. The van der Waals surface area contributed by atoms with Gasteiger partial charge in [0, 0.05) is 67.2 Å². The molecule has 2 aliphatic heterocycles. The summed E-state index contributed by atoms with van der Waals surface area (Å²) in [4.78, 5) is 15.6. The van der Waals surface area contributed by atoms with Crippen molar-refractivity contribution < 1.29 is 9.53 Å². The minimum Gasteiger partial charge on any atom is -0.496 e. The zero-order valence-corrected chi connectivity index (χ0v) is 19.7. The standard InChI is InChI=1S/C26H31N5O2/c1-17-5-7-21(31-15-26(16-31)13-27-14-26)10-22(17)25(32)29-18(2)19-6-8-24(33-4)23(9-19)20-11-28-30(3)12-20/h5-12,18,27H,13-16H2,1-4H3,(H,29,32)/t18-/m1/s1. The van der Waals surface area contributed by atoms with Crippen LogP contribution in [0.3, 0.4) is 0 Å². The van der Waals surface area contributed by atoms with Crippen molar-refractivity contribution in [1.29, 1.82) is 0 Å². The molecular formula is C26H31N5O2. The number of amides is 1. The molecule has 2 aromatic carbocycles. The van der Waals surface area contributed by atoms with E-state index in [0.717, 1.165) is 65.4 Å². The summed E-state index contributed by atoms with van der Waals surface area (Å²) in [6.45, 7) is 8.32. The molecule has 2 N–H and O–H groups in total. The Balaban J connectivity index is 1.33. The number of benzene rings is 2. The normalized spacial score (nSPS) is 17.3. The van der Waals surface area contributed by atoms with Gasteiger partial charge in [-0.25, -0.2) is 0 Å². The Bertz CT molecular complexity index is 1190. The Hall–Kier alpha value is -3.32. The van der Waals surface area contributed by atoms with Crippen molar-refractivity contribution in [1.82, 2.24) is 20.4 Å². The molecule has 7 heteroatoms. The van der Waals surface area contributed by atoms with Gasteiger partial charge >= 0.3 is 0 Å². The van der Waals surface area contributed by atoms with Crippen LogP contribution in [0.15, 0.2) is 48.8 Å². The molecule has 1 atom stereocenters. The lowest BCUT2D eigenvalue weighted by atomic mass is 9.74. The highest BCUT2D eigenvalue weighted by Gasteiger charge is 2.47. The second kappa shape index (κ2) is 8.23. The first-order valence-electron chi connectivity index (χ1n) is 11.4. The number of ether oxygens (including phenoxy) is 1. The topological polar surface area (TPSA) is 71.4 Å². The van der Waals surface area contributed by atoms with E-state index in [1.165, 1.54) is 0 Å². The van der Waals surface area contributed by atoms with E-state index in [1.54, 1.807) is 11.8 Å². The maximum absolute atomic E-state index is 13.2. The third-order valence-electron chi connectivity index (χ3n) is 6.97. The quantitative estimate of drug-likeness (QED) is 0.609. The molecule has 1 spiro atoms. The highest BCUT2D eigenvalue weighted by atomic mass is 16.5. The highest BCUT2D eigenvalue weighted by molar-refractivity contribution is 5.97. The Labute approximate surface area is 194 Å². The molecule has 0 bridgehead atoms. The molecule has 0 saturated carbocycles. The molecule has 5 rings (SSSR count). The van der Waals surface area contributed by atoms with Crippen molar-refractivity contribution in [2.75, 3.05) is 38.2 Å². The summed E-state index contributed by atoms with van der Waals surface area (Å²) in [5, 5.41) is 10.8. The van der Waals surface area contributed by atoms with Crippen LogP contribution in [0.5, 0.6) is 5.75 Å². The van der Waals surface area contributed by atoms with Gasteiger partial charge in [0.1, 0.15) is 5.75 Å². The molecule has 3 heterocycles. The lowest BCUT2D eigenvalue weighted by Crippen LogP contribution is -2.71. The fourth-order valence-electron chi connectivity index (χ4n) is 4.84. The van der Waals surface area contributed by atoms with Gasteiger partial charge in [-0.2, -0.15) is 5.10 Å². The molecule has 2 fully saturated rings. The number of anilines is 1. The molecule has 172 valence electrons. The predicted molar refractivity (Wildman–Crippen MR) is 130 cm³/mol. The van der Waals surface area contributed by atoms with Crippen molar-refractivity contribution in [2.24, 2.45) is 12.5 Å². The molecule has 2 aliphatic rings. The maximum Gasteiger partial charge on any atom is 0.252 e. The first kappa shape index (κ1) is 21.5. The number of aryl methyl sites for hydroxylation is 2. The monoisotopic (exact) mass is 445 g/mol. The molecule has 33 heavy (non-hydrogen) atoms. The van der Waals surface area contributed by atoms with Crippen LogP contribution in [0.1, 0.15) is 34.5 Å². The summed E-state index contributed by atoms with van der Waals surface area (Å²) in [5.41, 5.74) is 6.23. The predicted octanol–water partition coefficient (Wildman–Crippen LogP) is 3.30. The van der Waals surface area contributed by atoms with Gasteiger partial charge in [0.15, 0.2) is 0 Å². The lowest BCUT2D eigenvalue weighted by molar-refractivity contribution is 0.0939. The number of rotatable bonds is 6. The van der Waals surface area contributed by atoms with Crippen molar-refractivity contribution >= 4 is 11.6 Å². The van der Waals surface area contributed by atoms with Gasteiger partial charge in [-0.05, 0) is 49.2 Å². The van der Waals surface area contributed by atoms with Gasteiger partial charge in [0.2, 0.25) is 0 Å². The zero-order valence-electron chi connectivity index (χ0n) is 19.7. The molecule has 0 aliphatic carbocycles. The van der Waals surface area contributed by atoms with Crippen LogP contribution >= 0.6 is 0 Å². The summed E-state index contributed by atoms with van der Waals surface area (Å²) in [5.74, 6) is 0.726. The van der Waals surface area contributed by atoms with Crippen LogP contribution in [0.25, 0.3) is 11.1 Å². The smallest absolute Gasteiger partial charge is 0.252 e. The molecule has 1 aromatic heterocycles. The van der Waals surface area contributed by atoms with Crippen LogP contribution in [-0.2, 0) is 7.05 Å². The van der Waals surface area contributed by atoms with Gasteiger partial charge in [0.25, 0.3) is 5.91 Å². The van der Waals surface area contributed by atoms with Crippen LogP contribution in [0, 0.1) is 12.3 Å². The Morgan fingerprint density at radius 1 is 1.21 bits per heavy atom. The number of aromatic nitrogens is 2. The fraction of sp³-hybridized carbons (Fsp3) is 0.385. The van der Waals surface area contributed by atoms with E-state index in [9.17, 15) is 4.79 Å². The minimum absolute atomic E-state index is 0.0545. The summed E-state index contributed by atoms with van der Waals surface area (Å²) >= 11 is 0. The van der Waals surface area contributed by atoms with E-state index in [-0.39, 0.29) is 11.9 Å². The first-order valence-corrected chi connectivity index (χ1v) is 11.4. The summed E-state index contributed by atoms with van der Waals surface area (Å²) in [6, 6.07) is 12.1. The first-order chi connectivity index (χ1) is 15.9. The Morgan fingerprint density at radius 3 is 2.64 bits per heavy atom. The number of nitrogens with one attached hydrogen (secondary N) is 2. The highest BCUT2D eigenvalue weighted by Crippen LogP contribution is 2.38. The number of hydrogen-bond donors (Lipinski definition) is 2. The minimum atomic E-state index is -0.157. The SMILES string of the molecule is COc1ccc([C@@H](C)NC(=O)c2cc(N3CC4(CNC4)C3)ccc2C)cc1-c1cnn(C)c1. The average molecular weight is 446 g/mol. The summed E-state index contributed by atoms with van der Waals surface area (Å²) < 4.78 is 7.32. The Morgan fingerprint density at radius 2 is 2.00 bits per heavy atom. The molecule has 2 saturated heterocycles. The molecule has 3 aromatic rings. The van der Waals surface area contributed by atoms with E-state index in [4.69, 9.17) is 4.74 Å². The van der Waals surface area contributed by atoms with Gasteiger partial charge in [-0.1, -0.05) is 12.1 Å². The average Bonchev–Trinajstić information content (AvgIpc) is 3.18.